The fourth-order valence-corrected chi connectivity index (χ4v) is 0.955. The molecule has 0 aromatic rings. The van der Waals surface area contributed by atoms with E-state index >= 15 is 0 Å². The van der Waals surface area contributed by atoms with Gasteiger partial charge >= 0.3 is 0 Å². The second-order valence-corrected chi connectivity index (χ2v) is 3.99. The Hall–Kier alpha value is -0.820. The van der Waals surface area contributed by atoms with Gasteiger partial charge in [-0.15, -0.1) is 0 Å². The van der Waals surface area contributed by atoms with Crippen LogP contribution in [0.25, 0.3) is 0 Å². The summed E-state index contributed by atoms with van der Waals surface area (Å²) >= 11 is 0. The quantitative estimate of drug-likeness (QED) is 0.429. The van der Waals surface area contributed by atoms with Gasteiger partial charge in [0.05, 0.1) is 12.7 Å². The predicted molar refractivity (Wildman–Crippen MR) is 90.7 cm³/mol. The Balaban J connectivity index is -0.000000313. The lowest BCUT2D eigenvalue weighted by Crippen LogP contribution is -1.85. The molecular weight excluding hydrogens is 232 g/mol. The number of allylic oxidation sites excluding steroid dienone is 4. The third-order valence-corrected chi connectivity index (χ3v) is 1.90. The molecule has 0 bridgehead atoms. The minimum atomic E-state index is 0.499. The van der Waals surface area contributed by atoms with Gasteiger partial charge in [-0.2, -0.15) is 0 Å². The zero-order chi connectivity index (χ0) is 15.7. The van der Waals surface area contributed by atoms with Gasteiger partial charge in [0.1, 0.15) is 0 Å². The fraction of sp³-hybridized carbons (Fsp3) is 0.667. The number of hydrogen-bond donors (Lipinski definition) is 0. The third kappa shape index (κ3) is 22.8. The molecule has 114 valence electrons. The maximum Gasteiger partial charge on any atom is 0.0846 e. The Morgan fingerprint density at radius 3 is 1.84 bits per heavy atom. The van der Waals surface area contributed by atoms with E-state index in [-0.39, 0.29) is 0 Å². The largest absolute Gasteiger partial charge is 0.373 e. The zero-order valence-corrected chi connectivity index (χ0v) is 14.5. The van der Waals surface area contributed by atoms with E-state index in [2.05, 4.69) is 39.5 Å². The van der Waals surface area contributed by atoms with Crippen molar-refractivity contribution in [3.8, 4) is 0 Å². The second-order valence-electron chi connectivity index (χ2n) is 3.99. The van der Waals surface area contributed by atoms with Gasteiger partial charge in [0.15, 0.2) is 0 Å². The molecular formula is C18H36O. The molecule has 0 radical (unpaired) electrons. The van der Waals surface area contributed by atoms with E-state index in [9.17, 15) is 0 Å². The number of ether oxygens (including phenoxy) is 1. The summed E-state index contributed by atoms with van der Waals surface area (Å²) < 4.78 is 5.13. The molecule has 1 rings (SSSR count). The van der Waals surface area contributed by atoms with E-state index < -0.39 is 0 Å². The molecule has 1 aliphatic heterocycles. The van der Waals surface area contributed by atoms with Crippen molar-refractivity contribution >= 4 is 0 Å². The highest BCUT2D eigenvalue weighted by Gasteiger charge is 2.21. The van der Waals surface area contributed by atoms with E-state index in [1.807, 2.05) is 40.7 Å². The monoisotopic (exact) mass is 268 g/mol. The fourth-order valence-electron chi connectivity index (χ4n) is 0.955. The molecule has 0 aromatic heterocycles. The zero-order valence-electron chi connectivity index (χ0n) is 14.5. The van der Waals surface area contributed by atoms with Gasteiger partial charge in [-0.05, 0) is 20.3 Å². The van der Waals surface area contributed by atoms with Crippen LogP contribution in [0.2, 0.25) is 0 Å². The van der Waals surface area contributed by atoms with Crippen molar-refractivity contribution in [1.29, 1.82) is 0 Å². The lowest BCUT2D eigenvalue weighted by molar-refractivity contribution is 0.407. The molecule has 0 N–H and O–H groups in total. The van der Waals surface area contributed by atoms with Gasteiger partial charge in [0.25, 0.3) is 0 Å². The molecule has 1 nitrogen and oxygen atoms in total. The lowest BCUT2D eigenvalue weighted by atomic mass is 10.1. The van der Waals surface area contributed by atoms with Crippen LogP contribution in [-0.4, -0.2) is 12.7 Å². The summed E-state index contributed by atoms with van der Waals surface area (Å²) in [7, 11) is 0. The highest BCUT2D eigenvalue weighted by Crippen LogP contribution is 2.18. The van der Waals surface area contributed by atoms with Crippen LogP contribution >= 0.6 is 0 Å². The maximum atomic E-state index is 5.13. The molecule has 1 heterocycles. The number of hydrogen-bond acceptors (Lipinski definition) is 1. The van der Waals surface area contributed by atoms with Crippen molar-refractivity contribution in [1.82, 2.24) is 0 Å². The summed E-state index contributed by atoms with van der Waals surface area (Å²) in [5, 5.41) is 0. The van der Waals surface area contributed by atoms with Crippen LogP contribution in [0.3, 0.4) is 0 Å². The summed E-state index contributed by atoms with van der Waals surface area (Å²) in [5.74, 6) is 0. The highest BCUT2D eigenvalue weighted by atomic mass is 16.6. The van der Waals surface area contributed by atoms with E-state index in [1.54, 1.807) is 0 Å². The van der Waals surface area contributed by atoms with Crippen LogP contribution in [0.4, 0.5) is 0 Å². The van der Waals surface area contributed by atoms with Crippen LogP contribution < -0.4 is 0 Å². The molecule has 1 atom stereocenters. The number of rotatable bonds is 4. The van der Waals surface area contributed by atoms with Crippen LogP contribution in [0.15, 0.2) is 36.0 Å². The molecule has 0 aliphatic carbocycles. The average molecular weight is 268 g/mol. The molecule has 1 fully saturated rings. The van der Waals surface area contributed by atoms with Crippen molar-refractivity contribution in [2.24, 2.45) is 0 Å². The first-order valence-corrected chi connectivity index (χ1v) is 7.72. The van der Waals surface area contributed by atoms with Crippen molar-refractivity contribution in [3.05, 3.63) is 36.0 Å². The van der Waals surface area contributed by atoms with Crippen molar-refractivity contribution in [3.63, 3.8) is 0 Å². The predicted octanol–water partition coefficient (Wildman–Crippen LogP) is 6.32. The standard InChI is InChI=1S/C11H16O.C3H8.2C2H6/c1-4-9(2)5-6-10(3)7-11-8-12-11;1-3-2;2*1-2/h4-6,11H,1,7-8H2,2-3H3;3H2,1-2H3;2*1-2H3/b9-5+,10-6+;;;. The summed E-state index contributed by atoms with van der Waals surface area (Å²) in [5.41, 5.74) is 2.57. The molecule has 1 heteroatoms. The molecule has 0 amide bonds. The molecule has 1 unspecified atom stereocenters. The van der Waals surface area contributed by atoms with Crippen LogP contribution in [0.1, 0.15) is 68.2 Å². The highest BCUT2D eigenvalue weighted by molar-refractivity contribution is 5.22. The normalized spacial score (nSPS) is 16.7. The van der Waals surface area contributed by atoms with Gasteiger partial charge in [0.2, 0.25) is 0 Å². The first-order chi connectivity index (χ1) is 9.13. The minimum Gasteiger partial charge on any atom is -0.373 e. The molecule has 19 heavy (non-hydrogen) atoms. The van der Waals surface area contributed by atoms with E-state index in [4.69, 9.17) is 4.74 Å². The smallest absolute Gasteiger partial charge is 0.0846 e. The summed E-state index contributed by atoms with van der Waals surface area (Å²) in [6.07, 6.45) is 8.90. The van der Waals surface area contributed by atoms with Crippen LogP contribution in [0, 0.1) is 0 Å². The second kappa shape index (κ2) is 19.5. The molecule has 0 aromatic carbocycles. The first-order valence-electron chi connectivity index (χ1n) is 7.72. The van der Waals surface area contributed by atoms with Crippen LogP contribution in [-0.2, 0) is 4.74 Å². The summed E-state index contributed by atoms with van der Waals surface area (Å²) in [6.45, 7) is 21.1. The van der Waals surface area contributed by atoms with Crippen molar-refractivity contribution in [2.75, 3.05) is 6.61 Å². The van der Waals surface area contributed by atoms with Gasteiger partial charge in [-0.3, -0.25) is 0 Å². The van der Waals surface area contributed by atoms with Crippen molar-refractivity contribution < 1.29 is 4.74 Å². The Kier molecular flexibility index (Phi) is 23.9. The topological polar surface area (TPSA) is 12.5 Å². The van der Waals surface area contributed by atoms with E-state index in [0.717, 1.165) is 13.0 Å². The van der Waals surface area contributed by atoms with Crippen LogP contribution in [0.5, 0.6) is 0 Å². The molecule has 0 saturated carbocycles. The summed E-state index contributed by atoms with van der Waals surface area (Å²) in [6, 6.07) is 0. The Labute approximate surface area is 122 Å². The van der Waals surface area contributed by atoms with Gasteiger partial charge in [-0.1, -0.05) is 83.9 Å². The molecule has 1 saturated heterocycles. The van der Waals surface area contributed by atoms with Gasteiger partial charge in [0, 0.05) is 0 Å². The lowest BCUT2D eigenvalue weighted by Gasteiger charge is -1.94. The third-order valence-electron chi connectivity index (χ3n) is 1.90. The number of epoxide rings is 1. The molecule has 1 aliphatic rings. The van der Waals surface area contributed by atoms with E-state index in [1.165, 1.54) is 17.6 Å². The minimum absolute atomic E-state index is 0.499. The average Bonchev–Trinajstić information content (AvgIpc) is 3.25. The van der Waals surface area contributed by atoms with Gasteiger partial charge in [-0.25, -0.2) is 0 Å². The van der Waals surface area contributed by atoms with Crippen molar-refractivity contribution in [2.45, 2.75) is 74.3 Å². The van der Waals surface area contributed by atoms with Gasteiger partial charge < -0.3 is 4.74 Å². The van der Waals surface area contributed by atoms with E-state index in [0.29, 0.717) is 6.10 Å². The Morgan fingerprint density at radius 1 is 1.11 bits per heavy atom. The molecule has 0 spiro atoms. The first kappa shape index (κ1) is 23.3. The summed E-state index contributed by atoms with van der Waals surface area (Å²) in [4.78, 5) is 0. The Bertz CT molecular complexity index is 232. The Morgan fingerprint density at radius 2 is 1.53 bits per heavy atom. The SMILES string of the molecule is C=C/C(C)=C/C=C(\C)CC1CO1.CC.CC.CCC. The maximum absolute atomic E-state index is 5.13.